The molecule has 1 heterocycles. The fraction of sp³-hybridized carbons (Fsp3) is 0.406. The van der Waals surface area contributed by atoms with Crippen LogP contribution in [0.5, 0.6) is 11.5 Å². The van der Waals surface area contributed by atoms with E-state index in [-0.39, 0.29) is 6.42 Å². The van der Waals surface area contributed by atoms with Crippen LogP contribution in [0.1, 0.15) is 36.5 Å². The maximum absolute atomic E-state index is 11.8. The molecule has 0 amide bonds. The van der Waals surface area contributed by atoms with E-state index in [1.807, 2.05) is 60.7 Å². The van der Waals surface area contributed by atoms with E-state index in [2.05, 4.69) is 36.2 Å². The molecule has 1 saturated carbocycles. The normalized spacial score (nSPS) is 21.0. The first-order chi connectivity index (χ1) is 18.9. The zero-order valence-corrected chi connectivity index (χ0v) is 23.3. The Kier molecular flexibility index (Phi) is 8.75. The lowest BCUT2D eigenvalue weighted by atomic mass is 10.0. The van der Waals surface area contributed by atoms with Gasteiger partial charge in [-0.3, -0.25) is 4.90 Å². The summed E-state index contributed by atoms with van der Waals surface area (Å²) in [5.41, 5.74) is 3.39. The number of carboxylic acid groups (broad SMARTS) is 1. The Labute approximate surface area is 235 Å². The Bertz CT molecular complexity index is 1220. The molecule has 0 bridgehead atoms. The van der Waals surface area contributed by atoms with Crippen LogP contribution < -0.4 is 14.8 Å². The monoisotopic (exact) mass is 548 g/mol. The van der Waals surface area contributed by atoms with Gasteiger partial charge in [-0.2, -0.15) is 0 Å². The van der Waals surface area contributed by atoms with Crippen molar-refractivity contribution >= 4 is 17.6 Å². The first-order valence-corrected chi connectivity index (χ1v) is 14.1. The Morgan fingerprint density at radius 3 is 2.18 bits per heavy atom. The molecule has 206 valence electrons. The second kappa shape index (κ2) is 12.4. The molecule has 6 nitrogen and oxygen atoms in total. The number of hydrogen-bond acceptors (Lipinski definition) is 5. The van der Waals surface area contributed by atoms with Crippen LogP contribution in [0, 0.1) is 11.8 Å². The summed E-state index contributed by atoms with van der Waals surface area (Å²) in [7, 11) is 0. The standard InChI is InChI=1S/C32H37ClN2O4/c1-21(2)24-7-13-27(14-8-24)39-30(32(36)37)17-22-5-11-26(12-6-22)38-16-15-34-31-28-19-35(20-29(28)31)18-23-3-9-25(33)10-4-23/h3-14,21,28-31,34H,15-20H2,1-2H3,(H,36,37)/t28?,29?,30-,31?/m0/s1. The van der Waals surface area contributed by atoms with E-state index in [1.54, 1.807) is 0 Å². The van der Waals surface area contributed by atoms with Crippen LogP contribution in [0.3, 0.4) is 0 Å². The van der Waals surface area contributed by atoms with Crippen LogP contribution in [0.4, 0.5) is 0 Å². The van der Waals surface area contributed by atoms with Crippen molar-refractivity contribution in [2.45, 2.75) is 44.9 Å². The van der Waals surface area contributed by atoms with Gasteiger partial charge in [0.2, 0.25) is 0 Å². The number of halogens is 1. The molecular formula is C32H37ClN2O4. The average molecular weight is 549 g/mol. The maximum Gasteiger partial charge on any atom is 0.345 e. The number of piperidine rings is 1. The first kappa shape index (κ1) is 27.5. The molecule has 3 atom stereocenters. The van der Waals surface area contributed by atoms with E-state index in [0.29, 0.717) is 24.3 Å². The zero-order valence-electron chi connectivity index (χ0n) is 22.6. The molecule has 2 fully saturated rings. The highest BCUT2D eigenvalue weighted by Gasteiger charge is 2.55. The van der Waals surface area contributed by atoms with E-state index in [9.17, 15) is 9.90 Å². The molecule has 2 aliphatic rings. The highest BCUT2D eigenvalue weighted by Crippen LogP contribution is 2.45. The Morgan fingerprint density at radius 1 is 0.949 bits per heavy atom. The first-order valence-electron chi connectivity index (χ1n) is 13.8. The van der Waals surface area contributed by atoms with Crippen molar-refractivity contribution in [1.82, 2.24) is 10.2 Å². The van der Waals surface area contributed by atoms with Gasteiger partial charge in [-0.05, 0) is 70.8 Å². The van der Waals surface area contributed by atoms with Crippen molar-refractivity contribution < 1.29 is 19.4 Å². The lowest BCUT2D eigenvalue weighted by Gasteiger charge is -2.20. The lowest BCUT2D eigenvalue weighted by Crippen LogP contribution is -2.33. The summed E-state index contributed by atoms with van der Waals surface area (Å²) in [4.78, 5) is 14.3. The summed E-state index contributed by atoms with van der Waals surface area (Å²) in [6.07, 6.45) is -0.672. The number of rotatable bonds is 13. The minimum atomic E-state index is -0.979. The number of nitrogens with one attached hydrogen (secondary N) is 1. The molecular weight excluding hydrogens is 512 g/mol. The smallest absolute Gasteiger partial charge is 0.345 e. The van der Waals surface area contributed by atoms with Crippen LogP contribution in [0.15, 0.2) is 72.8 Å². The number of carbonyl (C=O) groups is 1. The van der Waals surface area contributed by atoms with Gasteiger partial charge in [0.15, 0.2) is 6.10 Å². The fourth-order valence-electron chi connectivity index (χ4n) is 5.50. The number of aliphatic carboxylic acids is 1. The van der Waals surface area contributed by atoms with Gasteiger partial charge in [-0.25, -0.2) is 4.79 Å². The maximum atomic E-state index is 11.8. The van der Waals surface area contributed by atoms with Gasteiger partial charge in [-0.15, -0.1) is 0 Å². The third-order valence-electron chi connectivity index (χ3n) is 7.78. The number of hydrogen-bond donors (Lipinski definition) is 2. The Balaban J connectivity index is 1.00. The molecule has 0 spiro atoms. The summed E-state index contributed by atoms with van der Waals surface area (Å²) in [6.45, 7) is 8.90. The van der Waals surface area contributed by atoms with Crippen molar-refractivity contribution in [1.29, 1.82) is 0 Å². The topological polar surface area (TPSA) is 71.0 Å². The molecule has 2 unspecified atom stereocenters. The SMILES string of the molecule is CC(C)c1ccc(O[C@@H](Cc2ccc(OCCNC3C4CN(Cc5ccc(Cl)cc5)CC43)cc2)C(=O)O)cc1. The molecule has 1 saturated heterocycles. The zero-order chi connectivity index (χ0) is 27.4. The van der Waals surface area contributed by atoms with Crippen molar-refractivity contribution in [3.05, 3.63) is 94.5 Å². The van der Waals surface area contributed by atoms with Gasteiger partial charge >= 0.3 is 5.97 Å². The van der Waals surface area contributed by atoms with Crippen LogP contribution in [-0.2, 0) is 17.8 Å². The van der Waals surface area contributed by atoms with Gasteiger partial charge < -0.3 is 19.9 Å². The summed E-state index contributed by atoms with van der Waals surface area (Å²) >= 11 is 5.99. The molecule has 7 heteroatoms. The van der Waals surface area contributed by atoms with E-state index in [1.165, 1.54) is 11.1 Å². The highest BCUT2D eigenvalue weighted by molar-refractivity contribution is 6.30. The molecule has 3 aromatic rings. The van der Waals surface area contributed by atoms with Crippen LogP contribution in [0.2, 0.25) is 5.02 Å². The van der Waals surface area contributed by atoms with Gasteiger partial charge in [0.05, 0.1) is 0 Å². The quantitative estimate of drug-likeness (QED) is 0.269. The molecule has 2 N–H and O–H groups in total. The summed E-state index contributed by atoms with van der Waals surface area (Å²) in [5.74, 6) is 2.24. The van der Waals surface area contributed by atoms with E-state index >= 15 is 0 Å². The molecule has 3 aromatic carbocycles. The van der Waals surface area contributed by atoms with Gasteiger partial charge in [0.25, 0.3) is 0 Å². The second-order valence-electron chi connectivity index (χ2n) is 11.0. The predicted octanol–water partition coefficient (Wildman–Crippen LogP) is 5.64. The van der Waals surface area contributed by atoms with E-state index in [4.69, 9.17) is 21.1 Å². The minimum absolute atomic E-state index is 0.280. The van der Waals surface area contributed by atoms with Crippen LogP contribution >= 0.6 is 11.6 Å². The largest absolute Gasteiger partial charge is 0.492 e. The van der Waals surface area contributed by atoms with Crippen molar-refractivity contribution in [2.24, 2.45) is 11.8 Å². The number of nitrogens with zero attached hydrogens (tertiary/aromatic N) is 1. The summed E-state index contributed by atoms with van der Waals surface area (Å²) in [6, 6.07) is 24.0. The molecule has 0 radical (unpaired) electrons. The van der Waals surface area contributed by atoms with Crippen molar-refractivity contribution in [2.75, 3.05) is 26.2 Å². The van der Waals surface area contributed by atoms with Gasteiger partial charge in [0.1, 0.15) is 18.1 Å². The molecule has 39 heavy (non-hydrogen) atoms. The average Bonchev–Trinajstić information content (AvgIpc) is 3.38. The molecule has 1 aliphatic carbocycles. The van der Waals surface area contributed by atoms with Crippen LogP contribution in [0.25, 0.3) is 0 Å². The molecule has 5 rings (SSSR count). The molecule has 1 aliphatic heterocycles. The summed E-state index contributed by atoms with van der Waals surface area (Å²) in [5, 5.41) is 14.1. The minimum Gasteiger partial charge on any atom is -0.492 e. The lowest BCUT2D eigenvalue weighted by molar-refractivity contribution is -0.145. The Hall–Kier alpha value is -3.06. The summed E-state index contributed by atoms with van der Waals surface area (Å²) < 4.78 is 11.7. The number of ether oxygens (including phenoxy) is 2. The van der Waals surface area contributed by atoms with Gasteiger partial charge in [0, 0.05) is 43.7 Å². The number of benzene rings is 3. The van der Waals surface area contributed by atoms with Crippen molar-refractivity contribution in [3.63, 3.8) is 0 Å². The van der Waals surface area contributed by atoms with Crippen LogP contribution in [-0.4, -0.2) is 54.4 Å². The number of fused-ring (bicyclic) bond motifs is 1. The third-order valence-corrected chi connectivity index (χ3v) is 8.04. The number of likely N-dealkylation sites (tertiary alicyclic amines) is 1. The third kappa shape index (κ3) is 7.33. The predicted molar refractivity (Wildman–Crippen MR) is 154 cm³/mol. The second-order valence-corrected chi connectivity index (χ2v) is 11.4. The number of carboxylic acids is 1. The highest BCUT2D eigenvalue weighted by atomic mass is 35.5. The van der Waals surface area contributed by atoms with Crippen molar-refractivity contribution in [3.8, 4) is 11.5 Å². The fourth-order valence-corrected chi connectivity index (χ4v) is 5.62. The van der Waals surface area contributed by atoms with E-state index < -0.39 is 12.1 Å². The molecule has 0 aromatic heterocycles. The van der Waals surface area contributed by atoms with Gasteiger partial charge in [-0.1, -0.05) is 61.8 Å². The Morgan fingerprint density at radius 2 is 1.56 bits per heavy atom. The van der Waals surface area contributed by atoms with E-state index in [0.717, 1.165) is 54.4 Å².